The van der Waals surface area contributed by atoms with Crippen LogP contribution in [0.2, 0.25) is 0 Å². The molecule has 1 aromatic carbocycles. The van der Waals surface area contributed by atoms with E-state index in [2.05, 4.69) is 20.9 Å². The van der Waals surface area contributed by atoms with Crippen LogP contribution in [-0.2, 0) is 22.8 Å². The first-order valence-corrected chi connectivity index (χ1v) is 10.8. The van der Waals surface area contributed by atoms with E-state index in [9.17, 15) is 13.7 Å². The van der Waals surface area contributed by atoms with Gasteiger partial charge in [-0.3, -0.25) is 9.40 Å². The van der Waals surface area contributed by atoms with Crippen molar-refractivity contribution in [3.05, 3.63) is 52.8 Å². The Labute approximate surface area is 174 Å². The highest BCUT2D eigenvalue weighted by Crippen LogP contribution is 2.37. The Bertz CT molecular complexity index is 1310. The molecule has 0 radical (unpaired) electrons. The molecular formula is C20H20N6O3S. The summed E-state index contributed by atoms with van der Waals surface area (Å²) in [5, 5.41) is 13.8. The van der Waals surface area contributed by atoms with Crippen LogP contribution >= 0.6 is 0 Å². The van der Waals surface area contributed by atoms with Crippen molar-refractivity contribution in [2.75, 3.05) is 10.5 Å². The number of ether oxygens (including phenoxy) is 1. The fourth-order valence-electron chi connectivity index (χ4n) is 3.55. The van der Waals surface area contributed by atoms with E-state index in [1.54, 1.807) is 19.2 Å². The molecule has 30 heavy (non-hydrogen) atoms. The number of nitrogens with one attached hydrogen (secondary N) is 1. The van der Waals surface area contributed by atoms with Crippen LogP contribution in [0.4, 0.5) is 11.6 Å². The number of anilines is 2. The van der Waals surface area contributed by atoms with Crippen molar-refractivity contribution in [1.29, 1.82) is 5.26 Å². The average Bonchev–Trinajstić information content (AvgIpc) is 2.98. The maximum Gasteiger partial charge on any atom is 0.238 e. The van der Waals surface area contributed by atoms with Crippen LogP contribution in [0.5, 0.6) is 5.75 Å². The van der Waals surface area contributed by atoms with Gasteiger partial charge in [-0.25, -0.2) is 13.4 Å². The molecule has 2 aromatic heterocycles. The number of benzene rings is 1. The van der Waals surface area contributed by atoms with Crippen LogP contribution < -0.4 is 15.2 Å². The molecule has 3 aromatic rings. The molecule has 0 saturated heterocycles. The molecule has 4 rings (SSSR count). The minimum Gasteiger partial charge on any atom is -0.482 e. The van der Waals surface area contributed by atoms with Gasteiger partial charge in [0.1, 0.15) is 17.9 Å². The highest BCUT2D eigenvalue weighted by Gasteiger charge is 2.26. The first kappa shape index (κ1) is 19.7. The summed E-state index contributed by atoms with van der Waals surface area (Å²) in [5.41, 5.74) is 9.33. The number of aromatic nitrogens is 3. The van der Waals surface area contributed by atoms with Crippen LogP contribution in [0, 0.1) is 18.3 Å². The lowest BCUT2D eigenvalue weighted by Gasteiger charge is -2.21. The van der Waals surface area contributed by atoms with E-state index in [4.69, 9.17) is 10.5 Å². The molecule has 1 atom stereocenters. The van der Waals surface area contributed by atoms with E-state index in [0.717, 1.165) is 11.1 Å². The van der Waals surface area contributed by atoms with Crippen molar-refractivity contribution in [2.24, 2.45) is 7.05 Å². The number of nitrogen functional groups attached to an aromatic ring is 1. The Morgan fingerprint density at radius 2 is 2.13 bits per heavy atom. The van der Waals surface area contributed by atoms with Crippen molar-refractivity contribution in [2.45, 2.75) is 25.7 Å². The average molecular weight is 424 g/mol. The molecular weight excluding hydrogens is 404 g/mol. The van der Waals surface area contributed by atoms with Gasteiger partial charge in [-0.2, -0.15) is 10.4 Å². The topological polar surface area (TPSA) is 136 Å². The number of nitrogens with two attached hydrogens (primary N) is 1. The number of sulfonamides is 1. The Hall–Kier alpha value is -3.58. The van der Waals surface area contributed by atoms with E-state index < -0.39 is 16.1 Å². The number of hydrogen-bond acceptors (Lipinski definition) is 7. The van der Waals surface area contributed by atoms with Gasteiger partial charge in [0.05, 0.1) is 11.3 Å². The number of nitrogens with zero attached hydrogens (tertiary/aromatic N) is 4. The Morgan fingerprint density at radius 1 is 1.37 bits per heavy atom. The van der Waals surface area contributed by atoms with E-state index in [1.165, 1.54) is 10.9 Å². The zero-order valence-electron chi connectivity index (χ0n) is 16.7. The molecule has 9 nitrogen and oxygen atoms in total. The number of aryl methyl sites for hydroxylation is 2. The third kappa shape index (κ3) is 3.44. The lowest BCUT2D eigenvalue weighted by Crippen LogP contribution is -2.19. The van der Waals surface area contributed by atoms with Crippen LogP contribution in [0.1, 0.15) is 35.4 Å². The third-order valence-corrected chi connectivity index (χ3v) is 6.16. The number of fused-ring (bicyclic) bond motifs is 5. The van der Waals surface area contributed by atoms with Crippen LogP contribution in [0.3, 0.4) is 0 Å². The van der Waals surface area contributed by atoms with Gasteiger partial charge in [0.2, 0.25) is 10.0 Å². The first-order chi connectivity index (χ1) is 14.2. The largest absolute Gasteiger partial charge is 0.482 e. The molecule has 0 fully saturated rings. The summed E-state index contributed by atoms with van der Waals surface area (Å²) in [5.74, 6) is 0.320. The molecule has 2 bridgehead atoms. The second-order valence-corrected chi connectivity index (χ2v) is 8.96. The number of nitriles is 1. The summed E-state index contributed by atoms with van der Waals surface area (Å²) in [4.78, 5) is 4.19. The molecule has 3 N–H and O–H groups in total. The van der Waals surface area contributed by atoms with E-state index >= 15 is 0 Å². The van der Waals surface area contributed by atoms with Crippen molar-refractivity contribution in [1.82, 2.24) is 14.8 Å². The molecule has 10 heteroatoms. The SMILES string of the molecule is Cc1ccc2c(c1)[C@@H](C)Oc1cc(cnc1N)-c1c(nn(C)c1C#N)NS(=O)(=O)C2. The summed E-state index contributed by atoms with van der Waals surface area (Å²) in [7, 11) is -2.25. The van der Waals surface area contributed by atoms with Crippen molar-refractivity contribution < 1.29 is 13.2 Å². The van der Waals surface area contributed by atoms with E-state index in [-0.39, 0.29) is 23.1 Å². The molecule has 3 heterocycles. The summed E-state index contributed by atoms with van der Waals surface area (Å²) in [6, 6.07) is 9.23. The van der Waals surface area contributed by atoms with E-state index in [0.29, 0.717) is 22.4 Å². The standard InChI is InChI=1S/C20H20N6O3S/c1-11-4-5-13-10-30(27,28)25-20-18(16(8-21)26(3)24-20)14-7-17(19(22)23-9-14)29-12(2)15(13)6-11/h4-7,9,12H,10H2,1-3H3,(H2,22,23)(H,24,25)/t12-/m1/s1. The Kier molecular flexibility index (Phi) is 4.63. The van der Waals surface area contributed by atoms with Crippen LogP contribution in [0.15, 0.2) is 30.5 Å². The molecule has 0 saturated carbocycles. The van der Waals surface area contributed by atoms with Gasteiger partial charge in [-0.15, -0.1) is 0 Å². The van der Waals surface area contributed by atoms with Gasteiger partial charge >= 0.3 is 0 Å². The molecule has 1 aliphatic heterocycles. The summed E-state index contributed by atoms with van der Waals surface area (Å²) >= 11 is 0. The predicted molar refractivity (Wildman–Crippen MR) is 112 cm³/mol. The molecule has 0 unspecified atom stereocenters. The third-order valence-electron chi connectivity index (χ3n) is 4.96. The van der Waals surface area contributed by atoms with Crippen molar-refractivity contribution >= 4 is 21.7 Å². The van der Waals surface area contributed by atoms with Gasteiger partial charge in [-0.1, -0.05) is 23.8 Å². The number of pyridine rings is 1. The summed E-state index contributed by atoms with van der Waals surface area (Å²) in [6.07, 6.45) is 0.990. The first-order valence-electron chi connectivity index (χ1n) is 9.18. The summed E-state index contributed by atoms with van der Waals surface area (Å²) < 4.78 is 35.9. The zero-order valence-corrected chi connectivity index (χ0v) is 17.5. The normalized spacial score (nSPS) is 17.2. The molecule has 1 aliphatic rings. The second kappa shape index (κ2) is 7.03. The number of hydrogen-bond donors (Lipinski definition) is 2. The second-order valence-electron chi connectivity index (χ2n) is 7.24. The number of rotatable bonds is 0. The maximum absolute atomic E-state index is 13.0. The maximum atomic E-state index is 13.0. The minimum atomic E-state index is -3.82. The van der Waals surface area contributed by atoms with Crippen molar-refractivity contribution in [3.63, 3.8) is 0 Å². The lowest BCUT2D eigenvalue weighted by molar-refractivity contribution is 0.227. The quantitative estimate of drug-likeness (QED) is 0.566. The van der Waals surface area contributed by atoms with Crippen LogP contribution in [0.25, 0.3) is 11.1 Å². The minimum absolute atomic E-state index is 0.0499. The van der Waals surface area contributed by atoms with Gasteiger partial charge in [0.15, 0.2) is 17.4 Å². The Balaban J connectivity index is 2.00. The molecule has 154 valence electrons. The monoisotopic (exact) mass is 424 g/mol. The highest BCUT2D eigenvalue weighted by atomic mass is 32.2. The van der Waals surface area contributed by atoms with Gasteiger partial charge in [0, 0.05) is 18.8 Å². The summed E-state index contributed by atoms with van der Waals surface area (Å²) in [6.45, 7) is 3.75. The van der Waals surface area contributed by atoms with Gasteiger partial charge in [-0.05, 0) is 31.0 Å². The molecule has 0 aliphatic carbocycles. The Morgan fingerprint density at radius 3 is 2.87 bits per heavy atom. The van der Waals surface area contributed by atoms with Crippen LogP contribution in [-0.4, -0.2) is 23.2 Å². The predicted octanol–water partition coefficient (Wildman–Crippen LogP) is 2.64. The fraction of sp³-hybridized carbons (Fsp3) is 0.250. The smallest absolute Gasteiger partial charge is 0.238 e. The lowest BCUT2D eigenvalue weighted by atomic mass is 10.0. The zero-order chi connectivity index (χ0) is 21.6. The van der Waals surface area contributed by atoms with Gasteiger partial charge in [0.25, 0.3) is 0 Å². The fourth-order valence-corrected chi connectivity index (χ4v) is 4.73. The molecule has 0 spiro atoms. The van der Waals surface area contributed by atoms with E-state index in [1.807, 2.05) is 26.0 Å². The highest BCUT2D eigenvalue weighted by molar-refractivity contribution is 7.91. The molecule has 0 amide bonds. The van der Waals surface area contributed by atoms with Gasteiger partial charge < -0.3 is 10.5 Å². The van der Waals surface area contributed by atoms with Crippen molar-refractivity contribution in [3.8, 4) is 22.9 Å².